The second-order valence-corrected chi connectivity index (χ2v) is 5.96. The number of benzene rings is 1. The van der Waals surface area contributed by atoms with E-state index in [1.54, 1.807) is 0 Å². The van der Waals surface area contributed by atoms with Crippen LogP contribution in [0, 0.1) is 5.92 Å². The van der Waals surface area contributed by atoms with Gasteiger partial charge in [0.2, 0.25) is 0 Å². The lowest BCUT2D eigenvalue weighted by molar-refractivity contribution is -0.118. The molecule has 2 N–H and O–H groups in total. The van der Waals surface area contributed by atoms with Crippen LogP contribution < -0.4 is 10.6 Å². The molecule has 0 saturated heterocycles. The van der Waals surface area contributed by atoms with Crippen LogP contribution in [0.5, 0.6) is 0 Å². The normalized spacial score (nSPS) is 22.5. The van der Waals surface area contributed by atoms with Crippen LogP contribution in [0.1, 0.15) is 18.4 Å². The minimum Gasteiger partial charge on any atom is -0.358 e. The Balaban J connectivity index is 1.49. The number of hydrogen-bond acceptors (Lipinski definition) is 3. The minimum absolute atomic E-state index is 0.0352. The zero-order chi connectivity index (χ0) is 14.9. The van der Waals surface area contributed by atoms with Gasteiger partial charge in [0.1, 0.15) is 11.9 Å². The second-order valence-electron chi connectivity index (χ2n) is 5.96. The summed E-state index contributed by atoms with van der Waals surface area (Å²) in [7, 11) is 0. The molecule has 1 amide bonds. The molecular weight excluding hydrogens is 274 g/mol. The van der Waals surface area contributed by atoms with Crippen LogP contribution in [0.25, 0.3) is 0 Å². The molecule has 4 nitrogen and oxygen atoms in total. The first kappa shape index (κ1) is 13.2. The van der Waals surface area contributed by atoms with Crippen molar-refractivity contribution in [2.24, 2.45) is 5.92 Å². The molecule has 0 spiro atoms. The molecule has 4 rings (SSSR count). The van der Waals surface area contributed by atoms with Crippen LogP contribution in [0.3, 0.4) is 0 Å². The quantitative estimate of drug-likeness (QED) is 0.895. The van der Waals surface area contributed by atoms with E-state index in [9.17, 15) is 4.79 Å². The molecule has 1 aromatic rings. The fourth-order valence-electron chi connectivity index (χ4n) is 3.01. The molecule has 1 aromatic carbocycles. The van der Waals surface area contributed by atoms with Gasteiger partial charge >= 0.3 is 0 Å². The predicted molar refractivity (Wildman–Crippen MR) is 85.1 cm³/mol. The maximum atomic E-state index is 12.5. The first-order valence-corrected chi connectivity index (χ1v) is 7.79. The second kappa shape index (κ2) is 5.37. The van der Waals surface area contributed by atoms with E-state index >= 15 is 0 Å². The third kappa shape index (κ3) is 2.41. The van der Waals surface area contributed by atoms with E-state index < -0.39 is 0 Å². The zero-order valence-corrected chi connectivity index (χ0v) is 12.3. The van der Waals surface area contributed by atoms with Crippen LogP contribution in [-0.4, -0.2) is 17.0 Å². The molecular formula is C18H19N3O. The van der Waals surface area contributed by atoms with E-state index in [1.807, 2.05) is 48.6 Å². The number of nitrogens with one attached hydrogen (secondary N) is 2. The van der Waals surface area contributed by atoms with Crippen LogP contribution in [-0.2, 0) is 11.3 Å². The summed E-state index contributed by atoms with van der Waals surface area (Å²) >= 11 is 0. The lowest BCUT2D eigenvalue weighted by atomic mass is 10.2. The molecule has 1 fully saturated rings. The van der Waals surface area contributed by atoms with Crippen molar-refractivity contribution in [3.8, 4) is 0 Å². The van der Waals surface area contributed by atoms with Crippen molar-refractivity contribution in [2.75, 3.05) is 0 Å². The summed E-state index contributed by atoms with van der Waals surface area (Å²) in [4.78, 5) is 14.7. The van der Waals surface area contributed by atoms with Crippen molar-refractivity contribution < 1.29 is 4.79 Å². The summed E-state index contributed by atoms with van der Waals surface area (Å²) in [6.45, 7) is 0.547. The highest BCUT2D eigenvalue weighted by molar-refractivity contribution is 5.94. The monoisotopic (exact) mass is 293 g/mol. The first-order chi connectivity index (χ1) is 10.8. The number of allylic oxidation sites excluding steroid dienone is 3. The smallest absolute Gasteiger partial charge is 0.269 e. The number of rotatable bonds is 4. The van der Waals surface area contributed by atoms with E-state index in [0.29, 0.717) is 18.2 Å². The Bertz CT molecular complexity index is 671. The average molecular weight is 293 g/mol. The Hall–Kier alpha value is -2.49. The van der Waals surface area contributed by atoms with Gasteiger partial charge in [-0.2, -0.15) is 0 Å². The topological polar surface area (TPSA) is 44.4 Å². The Morgan fingerprint density at radius 1 is 1.23 bits per heavy atom. The van der Waals surface area contributed by atoms with Crippen LogP contribution >= 0.6 is 0 Å². The molecule has 1 unspecified atom stereocenters. The standard InChI is InChI=1S/C18H19N3O/c22-18(19-12-13-6-2-1-3-7-13)16-15-8-4-5-11-21(15)17(20-16)14-9-10-14/h1-8,11,14,17,20H,9-10,12H2,(H,19,22). The highest BCUT2D eigenvalue weighted by atomic mass is 16.2. The third-order valence-electron chi connectivity index (χ3n) is 4.33. The zero-order valence-electron chi connectivity index (χ0n) is 12.3. The highest BCUT2D eigenvalue weighted by Gasteiger charge is 2.41. The maximum Gasteiger partial charge on any atom is 0.269 e. The molecule has 2 aliphatic heterocycles. The largest absolute Gasteiger partial charge is 0.358 e. The summed E-state index contributed by atoms with van der Waals surface area (Å²) in [5.74, 6) is 0.609. The lowest BCUT2D eigenvalue weighted by Crippen LogP contribution is -2.38. The van der Waals surface area contributed by atoms with Gasteiger partial charge in [0, 0.05) is 12.7 Å². The van der Waals surface area contributed by atoms with Gasteiger partial charge in [0.25, 0.3) is 5.91 Å². The van der Waals surface area contributed by atoms with Crippen LogP contribution in [0.15, 0.2) is 66.2 Å². The number of hydrogen-bond donors (Lipinski definition) is 2. The Labute approximate surface area is 130 Å². The summed E-state index contributed by atoms with van der Waals surface area (Å²) in [5.41, 5.74) is 2.77. The van der Waals surface area contributed by atoms with Crippen LogP contribution in [0.4, 0.5) is 0 Å². The van der Waals surface area contributed by atoms with Crippen molar-refractivity contribution in [1.82, 2.24) is 15.5 Å². The van der Waals surface area contributed by atoms with Crippen molar-refractivity contribution >= 4 is 5.91 Å². The maximum absolute atomic E-state index is 12.5. The number of carbonyl (C=O) groups excluding carboxylic acids is 1. The van der Waals surface area contributed by atoms with Gasteiger partial charge in [-0.25, -0.2) is 0 Å². The highest BCUT2D eigenvalue weighted by Crippen LogP contribution is 2.39. The van der Waals surface area contributed by atoms with Crippen molar-refractivity contribution in [3.05, 3.63) is 71.7 Å². The van der Waals surface area contributed by atoms with E-state index in [4.69, 9.17) is 0 Å². The fraction of sp³-hybridized carbons (Fsp3) is 0.278. The summed E-state index contributed by atoms with van der Waals surface area (Å²) < 4.78 is 0. The molecule has 1 atom stereocenters. The SMILES string of the molecule is O=C(NCc1ccccc1)C1=C2C=CC=CN2C(C2CC2)N1. The van der Waals surface area contributed by atoms with Gasteiger partial charge < -0.3 is 15.5 Å². The molecule has 4 heteroatoms. The van der Waals surface area contributed by atoms with Crippen molar-refractivity contribution in [2.45, 2.75) is 25.6 Å². The molecule has 112 valence electrons. The van der Waals surface area contributed by atoms with Crippen molar-refractivity contribution in [1.29, 1.82) is 0 Å². The Kier molecular flexibility index (Phi) is 3.22. The van der Waals surface area contributed by atoms with E-state index in [0.717, 1.165) is 11.3 Å². The number of fused-ring (bicyclic) bond motifs is 1. The molecule has 3 aliphatic rings. The molecule has 0 bridgehead atoms. The van der Waals surface area contributed by atoms with Gasteiger partial charge in [-0.1, -0.05) is 36.4 Å². The third-order valence-corrected chi connectivity index (χ3v) is 4.33. The molecule has 22 heavy (non-hydrogen) atoms. The summed E-state index contributed by atoms with van der Waals surface area (Å²) in [6.07, 6.45) is 10.8. The van der Waals surface area contributed by atoms with Gasteiger partial charge in [-0.15, -0.1) is 0 Å². The van der Waals surface area contributed by atoms with Crippen LogP contribution in [0.2, 0.25) is 0 Å². The fourth-order valence-corrected chi connectivity index (χ4v) is 3.01. The average Bonchev–Trinajstić information content (AvgIpc) is 3.34. The molecule has 1 aliphatic carbocycles. The number of amides is 1. The van der Waals surface area contributed by atoms with Gasteiger partial charge in [0.05, 0.1) is 5.70 Å². The summed E-state index contributed by atoms with van der Waals surface area (Å²) in [5, 5.41) is 6.43. The lowest BCUT2D eigenvalue weighted by Gasteiger charge is -2.25. The van der Waals surface area contributed by atoms with E-state index in [-0.39, 0.29) is 12.1 Å². The van der Waals surface area contributed by atoms with E-state index in [2.05, 4.69) is 21.7 Å². The minimum atomic E-state index is -0.0352. The molecule has 0 aromatic heterocycles. The van der Waals surface area contributed by atoms with Gasteiger partial charge in [-0.3, -0.25) is 4.79 Å². The molecule has 0 radical (unpaired) electrons. The molecule has 1 saturated carbocycles. The Morgan fingerprint density at radius 2 is 2.05 bits per heavy atom. The van der Waals surface area contributed by atoms with E-state index in [1.165, 1.54) is 12.8 Å². The Morgan fingerprint density at radius 3 is 2.82 bits per heavy atom. The van der Waals surface area contributed by atoms with Crippen molar-refractivity contribution in [3.63, 3.8) is 0 Å². The number of nitrogens with zero attached hydrogens (tertiary/aromatic N) is 1. The molecule has 2 heterocycles. The van der Waals surface area contributed by atoms with Gasteiger partial charge in [-0.05, 0) is 36.5 Å². The predicted octanol–water partition coefficient (Wildman–Crippen LogP) is 2.24. The number of carbonyl (C=O) groups is 1. The first-order valence-electron chi connectivity index (χ1n) is 7.79. The summed E-state index contributed by atoms with van der Waals surface area (Å²) in [6, 6.07) is 9.98. The van der Waals surface area contributed by atoms with Gasteiger partial charge in [0.15, 0.2) is 0 Å².